The van der Waals surface area contributed by atoms with Gasteiger partial charge in [-0.1, -0.05) is 0 Å². The van der Waals surface area contributed by atoms with Crippen LogP contribution in [0, 0.1) is 17.5 Å². The summed E-state index contributed by atoms with van der Waals surface area (Å²) in [6, 6.07) is 0.986. The zero-order valence-corrected chi connectivity index (χ0v) is 6.26. The fourth-order valence-corrected chi connectivity index (χ4v) is 0.751. The van der Waals surface area contributed by atoms with Gasteiger partial charge in [0.2, 0.25) is 0 Å². The summed E-state index contributed by atoms with van der Waals surface area (Å²) < 4.78 is 37.8. The van der Waals surface area contributed by atoms with Crippen LogP contribution in [-0.2, 0) is 0 Å². The van der Waals surface area contributed by atoms with Crippen LogP contribution in [0.3, 0.4) is 0 Å². The first-order chi connectivity index (χ1) is 6.15. The van der Waals surface area contributed by atoms with Crippen LogP contribution in [0.4, 0.5) is 18.9 Å². The summed E-state index contributed by atoms with van der Waals surface area (Å²) in [5.41, 5.74) is 0.803. The molecule has 70 valence electrons. The van der Waals surface area contributed by atoms with Crippen LogP contribution in [0.1, 0.15) is 0 Å². The third kappa shape index (κ3) is 2.19. The van der Waals surface area contributed by atoms with Gasteiger partial charge in [0.25, 0.3) is 0 Å². The van der Waals surface area contributed by atoms with Crippen molar-refractivity contribution >= 4 is 12.0 Å². The molecule has 0 radical (unpaired) electrons. The fraction of sp³-hybridized carbons (Fsp3) is 0. The summed E-state index contributed by atoms with van der Waals surface area (Å²) in [7, 11) is 0. The van der Waals surface area contributed by atoms with Crippen molar-refractivity contribution in [2.45, 2.75) is 0 Å². The fourth-order valence-electron chi connectivity index (χ4n) is 0.751. The first-order valence-electron chi connectivity index (χ1n) is 3.22. The molecular weight excluding hydrogens is 185 g/mol. The zero-order chi connectivity index (χ0) is 9.84. The number of nitrogens with zero attached hydrogens (tertiary/aromatic N) is 1. The largest absolute Gasteiger partial charge is 0.290 e. The minimum atomic E-state index is -1.14. The summed E-state index contributed by atoms with van der Waals surface area (Å²) in [6.45, 7) is 0. The van der Waals surface area contributed by atoms with Gasteiger partial charge >= 0.3 is 0 Å². The third-order valence-electron chi connectivity index (χ3n) is 1.23. The average molecular weight is 190 g/mol. The molecular formula is C7H5F3N2O. The Labute approximate surface area is 71.5 Å². The molecule has 3 nitrogen and oxygen atoms in total. The lowest BCUT2D eigenvalue weighted by atomic mass is 10.3. The van der Waals surface area contributed by atoms with Gasteiger partial charge in [0.05, 0.1) is 0 Å². The molecule has 0 aliphatic rings. The molecule has 0 amide bonds. The summed E-state index contributed by atoms with van der Waals surface area (Å²) >= 11 is 0. The van der Waals surface area contributed by atoms with E-state index >= 15 is 0 Å². The Morgan fingerprint density at radius 2 is 1.77 bits per heavy atom. The van der Waals surface area contributed by atoms with Gasteiger partial charge in [-0.3, -0.25) is 10.7 Å². The van der Waals surface area contributed by atoms with Crippen molar-refractivity contribution in [2.75, 3.05) is 0 Å². The number of hydrogen-bond donors (Lipinski definition) is 2. The van der Waals surface area contributed by atoms with Crippen molar-refractivity contribution in [3.05, 3.63) is 29.6 Å². The van der Waals surface area contributed by atoms with E-state index in [2.05, 4.69) is 4.99 Å². The molecule has 0 saturated heterocycles. The van der Waals surface area contributed by atoms with Crippen LogP contribution >= 0.6 is 0 Å². The molecule has 1 aromatic carbocycles. The third-order valence-corrected chi connectivity index (χ3v) is 1.23. The normalized spacial score (nSPS) is 10.8. The molecule has 0 bridgehead atoms. The molecule has 1 aromatic rings. The van der Waals surface area contributed by atoms with Gasteiger partial charge < -0.3 is 0 Å². The molecule has 0 fully saturated rings. The van der Waals surface area contributed by atoms with E-state index in [-0.39, 0.29) is 0 Å². The maximum Gasteiger partial charge on any atom is 0.154 e. The number of rotatable bonds is 2. The van der Waals surface area contributed by atoms with Gasteiger partial charge in [0.1, 0.15) is 17.8 Å². The Kier molecular flexibility index (Phi) is 2.86. The molecule has 6 heteroatoms. The maximum atomic E-state index is 12.7. The lowest BCUT2D eigenvalue weighted by Gasteiger charge is -1.98. The Morgan fingerprint density at radius 3 is 2.23 bits per heavy atom. The zero-order valence-electron chi connectivity index (χ0n) is 6.26. The second-order valence-corrected chi connectivity index (χ2v) is 2.11. The number of aliphatic imine (C=N–C) groups is 1. The smallest absolute Gasteiger partial charge is 0.154 e. The van der Waals surface area contributed by atoms with Crippen molar-refractivity contribution < 1.29 is 18.4 Å². The number of nitrogens with one attached hydrogen (secondary N) is 1. The van der Waals surface area contributed by atoms with E-state index in [0.29, 0.717) is 18.5 Å². The Hall–Kier alpha value is -1.56. The van der Waals surface area contributed by atoms with E-state index in [0.717, 1.165) is 0 Å². The van der Waals surface area contributed by atoms with Gasteiger partial charge in [-0.05, 0) is 0 Å². The van der Waals surface area contributed by atoms with Crippen molar-refractivity contribution in [1.82, 2.24) is 5.48 Å². The molecule has 0 unspecified atom stereocenters. The maximum absolute atomic E-state index is 12.7. The molecule has 0 heterocycles. The average Bonchev–Trinajstić information content (AvgIpc) is 2.02. The minimum absolute atomic E-state index is 0.493. The van der Waals surface area contributed by atoms with Gasteiger partial charge in [-0.15, -0.1) is 0 Å². The highest BCUT2D eigenvalue weighted by Crippen LogP contribution is 2.22. The van der Waals surface area contributed by atoms with Gasteiger partial charge in [-0.2, -0.15) is 0 Å². The van der Waals surface area contributed by atoms with E-state index in [9.17, 15) is 13.2 Å². The lowest BCUT2D eigenvalue weighted by Crippen LogP contribution is -2.01. The van der Waals surface area contributed by atoms with E-state index in [1.807, 2.05) is 0 Å². The summed E-state index contributed by atoms with van der Waals surface area (Å²) in [5.74, 6) is -3.29. The summed E-state index contributed by atoms with van der Waals surface area (Å²) in [5, 5.41) is 8.05. The van der Waals surface area contributed by atoms with Crippen LogP contribution in [0.25, 0.3) is 0 Å². The predicted molar refractivity (Wildman–Crippen MR) is 39.4 cm³/mol. The molecule has 0 spiro atoms. The van der Waals surface area contributed by atoms with Crippen molar-refractivity contribution in [1.29, 1.82) is 0 Å². The standard InChI is InChI=1S/C7H5F3N2O/c8-4-1-5(9)7(6(10)2-4)11-3-12-13/h1-3,13H,(H,11,12). The molecule has 13 heavy (non-hydrogen) atoms. The highest BCUT2D eigenvalue weighted by Gasteiger charge is 2.09. The SMILES string of the molecule is ONC=Nc1c(F)cc(F)cc1F. The summed E-state index contributed by atoms with van der Waals surface area (Å²) in [4.78, 5) is 3.16. The minimum Gasteiger partial charge on any atom is -0.290 e. The predicted octanol–water partition coefficient (Wildman–Crippen LogP) is 1.74. The van der Waals surface area contributed by atoms with Crippen LogP contribution in [0.15, 0.2) is 17.1 Å². The highest BCUT2D eigenvalue weighted by atomic mass is 19.1. The van der Waals surface area contributed by atoms with Crippen molar-refractivity contribution in [2.24, 2.45) is 4.99 Å². The van der Waals surface area contributed by atoms with Crippen LogP contribution in [0.2, 0.25) is 0 Å². The van der Waals surface area contributed by atoms with E-state index in [4.69, 9.17) is 5.21 Å². The van der Waals surface area contributed by atoms with Crippen molar-refractivity contribution in [3.8, 4) is 0 Å². The van der Waals surface area contributed by atoms with Crippen molar-refractivity contribution in [3.63, 3.8) is 0 Å². The molecule has 0 aliphatic carbocycles. The quantitative estimate of drug-likeness (QED) is 0.424. The molecule has 0 atom stereocenters. The number of halogens is 3. The topological polar surface area (TPSA) is 44.6 Å². The Morgan fingerprint density at radius 1 is 1.23 bits per heavy atom. The second-order valence-electron chi connectivity index (χ2n) is 2.11. The number of hydrogen-bond acceptors (Lipinski definition) is 2. The molecule has 1 rings (SSSR count). The van der Waals surface area contributed by atoms with Gasteiger partial charge in [0, 0.05) is 12.1 Å². The first-order valence-corrected chi connectivity index (χ1v) is 3.22. The van der Waals surface area contributed by atoms with E-state index in [1.165, 1.54) is 5.48 Å². The first kappa shape index (κ1) is 9.53. The molecule has 0 aromatic heterocycles. The van der Waals surface area contributed by atoms with E-state index in [1.54, 1.807) is 0 Å². The molecule has 0 aliphatic heterocycles. The highest BCUT2D eigenvalue weighted by molar-refractivity contribution is 5.60. The van der Waals surface area contributed by atoms with Crippen LogP contribution in [0.5, 0.6) is 0 Å². The van der Waals surface area contributed by atoms with Crippen LogP contribution in [-0.4, -0.2) is 11.5 Å². The second kappa shape index (κ2) is 3.90. The number of benzene rings is 1. The lowest BCUT2D eigenvalue weighted by molar-refractivity contribution is 0.240. The Bertz CT molecular complexity index is 318. The Balaban J connectivity index is 3.13. The van der Waals surface area contributed by atoms with E-state index < -0.39 is 23.1 Å². The molecule has 0 saturated carbocycles. The van der Waals surface area contributed by atoms with Gasteiger partial charge in [0.15, 0.2) is 11.6 Å². The molecule has 2 N–H and O–H groups in total. The number of hydroxylamine groups is 1. The van der Waals surface area contributed by atoms with Crippen LogP contribution < -0.4 is 5.48 Å². The van der Waals surface area contributed by atoms with Gasteiger partial charge in [-0.25, -0.2) is 18.2 Å². The monoisotopic (exact) mass is 190 g/mol. The summed E-state index contributed by atoms with van der Waals surface area (Å²) in [6.07, 6.45) is 0.666.